The average molecular weight is 265 g/mol. The van der Waals surface area contributed by atoms with E-state index in [2.05, 4.69) is 18.7 Å². The van der Waals surface area contributed by atoms with Crippen molar-refractivity contribution in [3.63, 3.8) is 0 Å². The second kappa shape index (κ2) is 5.59. The summed E-state index contributed by atoms with van der Waals surface area (Å²) in [6, 6.07) is 4.79. The van der Waals surface area contributed by atoms with E-state index in [1.54, 1.807) is 6.07 Å². The number of aliphatic hydroxyl groups is 1. The van der Waals surface area contributed by atoms with E-state index < -0.39 is 6.10 Å². The molecule has 1 N–H and O–H groups in total. The summed E-state index contributed by atoms with van der Waals surface area (Å²) in [5, 5.41) is 10.5. The lowest BCUT2D eigenvalue weighted by Gasteiger charge is -2.39. The van der Waals surface area contributed by atoms with Gasteiger partial charge in [0.1, 0.15) is 5.82 Å². The molecule has 1 fully saturated rings. The van der Waals surface area contributed by atoms with Crippen LogP contribution in [0.3, 0.4) is 0 Å². The van der Waals surface area contributed by atoms with Crippen molar-refractivity contribution in [1.82, 2.24) is 4.90 Å². The maximum absolute atomic E-state index is 13.1. The van der Waals surface area contributed by atoms with E-state index in [4.69, 9.17) is 0 Å². The highest BCUT2D eigenvalue weighted by Gasteiger charge is 2.35. The Bertz CT molecular complexity index is 438. The monoisotopic (exact) mass is 265 g/mol. The first-order valence-corrected chi connectivity index (χ1v) is 7.09. The normalized spacial score (nSPS) is 18.8. The molecule has 1 aromatic carbocycles. The molecule has 2 nitrogen and oxygen atoms in total. The van der Waals surface area contributed by atoms with Crippen LogP contribution in [0.15, 0.2) is 18.2 Å². The largest absolute Gasteiger partial charge is 0.391 e. The molecule has 2 rings (SSSR count). The predicted octanol–water partition coefficient (Wildman–Crippen LogP) is 2.91. The van der Waals surface area contributed by atoms with Crippen LogP contribution in [0.5, 0.6) is 0 Å². The van der Waals surface area contributed by atoms with Gasteiger partial charge in [-0.1, -0.05) is 6.07 Å². The van der Waals surface area contributed by atoms with E-state index in [0.717, 1.165) is 24.2 Å². The van der Waals surface area contributed by atoms with Gasteiger partial charge in [0.05, 0.1) is 6.10 Å². The zero-order valence-electron chi connectivity index (χ0n) is 12.1. The molecule has 0 aromatic heterocycles. The fourth-order valence-corrected chi connectivity index (χ4v) is 2.85. The van der Waals surface area contributed by atoms with Gasteiger partial charge >= 0.3 is 0 Å². The molecular formula is C16H24FNO. The summed E-state index contributed by atoms with van der Waals surface area (Å²) in [4.78, 5) is 2.36. The van der Waals surface area contributed by atoms with Crippen molar-refractivity contribution in [1.29, 1.82) is 0 Å². The zero-order chi connectivity index (χ0) is 14.0. The van der Waals surface area contributed by atoms with Crippen LogP contribution < -0.4 is 0 Å². The number of halogens is 1. The molecule has 1 aromatic rings. The van der Waals surface area contributed by atoms with Crippen LogP contribution >= 0.6 is 0 Å². The first-order chi connectivity index (χ1) is 8.91. The van der Waals surface area contributed by atoms with Crippen molar-refractivity contribution < 1.29 is 9.50 Å². The summed E-state index contributed by atoms with van der Waals surface area (Å²) in [6.45, 7) is 8.22. The third-order valence-corrected chi connectivity index (χ3v) is 4.45. The van der Waals surface area contributed by atoms with Gasteiger partial charge in [-0.05, 0) is 70.0 Å². The summed E-state index contributed by atoms with van der Waals surface area (Å²) in [6.07, 6.45) is 2.57. The molecule has 1 heterocycles. The lowest BCUT2D eigenvalue weighted by Crippen LogP contribution is -2.52. The van der Waals surface area contributed by atoms with Gasteiger partial charge in [0.25, 0.3) is 0 Å². The van der Waals surface area contributed by atoms with E-state index >= 15 is 0 Å². The Kier molecular flexibility index (Phi) is 4.26. The smallest absolute Gasteiger partial charge is 0.123 e. The Balaban J connectivity index is 2.09. The van der Waals surface area contributed by atoms with Gasteiger partial charge in [0.2, 0.25) is 0 Å². The molecule has 0 spiro atoms. The van der Waals surface area contributed by atoms with Crippen molar-refractivity contribution >= 4 is 0 Å². The predicted molar refractivity (Wildman–Crippen MR) is 75.7 cm³/mol. The highest BCUT2D eigenvalue weighted by molar-refractivity contribution is 5.27. The number of benzene rings is 1. The van der Waals surface area contributed by atoms with E-state index in [1.165, 1.54) is 25.0 Å². The van der Waals surface area contributed by atoms with E-state index in [-0.39, 0.29) is 11.4 Å². The molecule has 1 unspecified atom stereocenters. The molecule has 1 atom stereocenters. The molecule has 0 amide bonds. The fraction of sp³-hybridized carbons (Fsp3) is 0.625. The Hall–Kier alpha value is -0.930. The Labute approximate surface area is 115 Å². The van der Waals surface area contributed by atoms with Gasteiger partial charge in [-0.25, -0.2) is 4.39 Å². The minimum atomic E-state index is -0.435. The van der Waals surface area contributed by atoms with Crippen molar-refractivity contribution in [2.24, 2.45) is 0 Å². The van der Waals surface area contributed by atoms with Crippen molar-refractivity contribution in [3.8, 4) is 0 Å². The number of hydrogen-bond acceptors (Lipinski definition) is 2. The maximum atomic E-state index is 13.1. The molecule has 0 radical (unpaired) electrons. The molecule has 0 aliphatic carbocycles. The Morgan fingerprint density at radius 1 is 1.32 bits per heavy atom. The van der Waals surface area contributed by atoms with E-state index in [0.29, 0.717) is 6.42 Å². The highest BCUT2D eigenvalue weighted by atomic mass is 19.1. The second-order valence-corrected chi connectivity index (χ2v) is 6.14. The van der Waals surface area contributed by atoms with Gasteiger partial charge < -0.3 is 5.11 Å². The molecular weight excluding hydrogens is 241 g/mol. The van der Waals surface area contributed by atoms with Crippen molar-refractivity contribution in [3.05, 3.63) is 35.1 Å². The average Bonchev–Trinajstić information content (AvgIpc) is 2.86. The number of rotatable bonds is 4. The SMILES string of the molecule is Cc1cc(F)ccc1CC(O)C(C)(C)N1CCCC1. The van der Waals surface area contributed by atoms with Gasteiger partial charge in [-0.3, -0.25) is 4.90 Å². The van der Waals surface area contributed by atoms with E-state index in [9.17, 15) is 9.50 Å². The number of nitrogens with zero attached hydrogens (tertiary/aromatic N) is 1. The first-order valence-electron chi connectivity index (χ1n) is 7.09. The van der Waals surface area contributed by atoms with E-state index in [1.807, 2.05) is 6.92 Å². The number of aliphatic hydroxyl groups excluding tert-OH is 1. The lowest BCUT2D eigenvalue weighted by molar-refractivity contribution is 0.00329. The van der Waals surface area contributed by atoms with Crippen LogP contribution in [0, 0.1) is 12.7 Å². The molecule has 0 saturated carbocycles. The van der Waals surface area contributed by atoms with Crippen molar-refractivity contribution in [2.45, 2.75) is 51.7 Å². The lowest BCUT2D eigenvalue weighted by atomic mass is 9.89. The summed E-state index contributed by atoms with van der Waals surface area (Å²) in [5.41, 5.74) is 1.72. The molecule has 106 valence electrons. The van der Waals surface area contributed by atoms with Crippen LogP contribution in [0.25, 0.3) is 0 Å². The fourth-order valence-electron chi connectivity index (χ4n) is 2.85. The minimum absolute atomic E-state index is 0.213. The quantitative estimate of drug-likeness (QED) is 0.905. The second-order valence-electron chi connectivity index (χ2n) is 6.14. The topological polar surface area (TPSA) is 23.5 Å². The number of aryl methyl sites for hydroxylation is 1. The number of likely N-dealkylation sites (tertiary alicyclic amines) is 1. The molecule has 1 aliphatic rings. The highest BCUT2D eigenvalue weighted by Crippen LogP contribution is 2.27. The maximum Gasteiger partial charge on any atom is 0.123 e. The third-order valence-electron chi connectivity index (χ3n) is 4.45. The van der Waals surface area contributed by atoms with Gasteiger partial charge in [0.15, 0.2) is 0 Å². The third kappa shape index (κ3) is 3.15. The number of hydrogen-bond donors (Lipinski definition) is 1. The minimum Gasteiger partial charge on any atom is -0.391 e. The van der Waals surface area contributed by atoms with Crippen LogP contribution in [0.2, 0.25) is 0 Å². The first kappa shape index (κ1) is 14.5. The van der Waals surface area contributed by atoms with Gasteiger partial charge in [0, 0.05) is 12.0 Å². The van der Waals surface area contributed by atoms with Gasteiger partial charge in [-0.15, -0.1) is 0 Å². The molecule has 19 heavy (non-hydrogen) atoms. The summed E-state index contributed by atoms with van der Waals surface area (Å²) in [5.74, 6) is -0.213. The Morgan fingerprint density at radius 2 is 1.95 bits per heavy atom. The van der Waals surface area contributed by atoms with Crippen LogP contribution in [-0.4, -0.2) is 34.7 Å². The molecule has 0 bridgehead atoms. The summed E-state index contributed by atoms with van der Waals surface area (Å²) in [7, 11) is 0. The Morgan fingerprint density at radius 3 is 2.53 bits per heavy atom. The summed E-state index contributed by atoms with van der Waals surface area (Å²) >= 11 is 0. The molecule has 3 heteroatoms. The van der Waals surface area contributed by atoms with Crippen LogP contribution in [0.4, 0.5) is 4.39 Å². The summed E-state index contributed by atoms with van der Waals surface area (Å²) < 4.78 is 13.1. The van der Waals surface area contributed by atoms with Crippen LogP contribution in [0.1, 0.15) is 37.8 Å². The molecule has 1 saturated heterocycles. The standard InChI is InChI=1S/C16H24FNO/c1-12-10-14(17)7-6-13(12)11-15(19)16(2,3)18-8-4-5-9-18/h6-7,10,15,19H,4-5,8-9,11H2,1-3H3. The zero-order valence-corrected chi connectivity index (χ0v) is 12.1. The van der Waals surface area contributed by atoms with Crippen LogP contribution in [-0.2, 0) is 6.42 Å². The van der Waals surface area contributed by atoms with Gasteiger partial charge in [-0.2, -0.15) is 0 Å². The molecule has 1 aliphatic heterocycles. The van der Waals surface area contributed by atoms with Crippen molar-refractivity contribution in [2.75, 3.05) is 13.1 Å².